The van der Waals surface area contributed by atoms with Crippen molar-refractivity contribution in [2.24, 2.45) is 0 Å². The highest BCUT2D eigenvalue weighted by atomic mass is 19.1. The summed E-state index contributed by atoms with van der Waals surface area (Å²) in [6.07, 6.45) is 4.21. The summed E-state index contributed by atoms with van der Waals surface area (Å²) in [5, 5.41) is 4.14. The number of pyridine rings is 1. The highest BCUT2D eigenvalue weighted by Crippen LogP contribution is 2.33. The van der Waals surface area contributed by atoms with Gasteiger partial charge in [0.25, 0.3) is 0 Å². The van der Waals surface area contributed by atoms with Crippen molar-refractivity contribution in [2.45, 2.75) is 44.8 Å². The van der Waals surface area contributed by atoms with Crippen molar-refractivity contribution in [1.82, 2.24) is 4.98 Å². The fourth-order valence-electron chi connectivity index (χ4n) is 2.88. The average Bonchev–Trinajstić information content (AvgIpc) is 2.39. The van der Waals surface area contributed by atoms with Crippen LogP contribution in [0.5, 0.6) is 0 Å². The monoisotopic (exact) mass is 258 g/mol. The number of fused-ring (bicyclic) bond motifs is 1. The Balaban J connectivity index is 1.92. The van der Waals surface area contributed by atoms with Gasteiger partial charge in [-0.25, -0.2) is 9.37 Å². The third kappa shape index (κ3) is 2.55. The first kappa shape index (κ1) is 12.4. The van der Waals surface area contributed by atoms with Crippen LogP contribution >= 0.6 is 0 Å². The molecular formula is C16H19FN2. The van der Waals surface area contributed by atoms with Gasteiger partial charge in [-0.05, 0) is 37.5 Å². The molecule has 1 saturated carbocycles. The van der Waals surface area contributed by atoms with Gasteiger partial charge in [0, 0.05) is 18.2 Å². The van der Waals surface area contributed by atoms with Crippen LogP contribution in [0.2, 0.25) is 0 Å². The third-order valence-corrected chi connectivity index (χ3v) is 3.92. The van der Waals surface area contributed by atoms with Crippen LogP contribution in [0.4, 0.5) is 10.2 Å². The molecule has 0 radical (unpaired) electrons. The van der Waals surface area contributed by atoms with Crippen LogP contribution in [-0.4, -0.2) is 10.8 Å². The molecule has 0 bridgehead atoms. The van der Waals surface area contributed by atoms with E-state index in [9.17, 15) is 4.39 Å². The molecule has 3 rings (SSSR count). The van der Waals surface area contributed by atoms with Crippen molar-refractivity contribution < 1.29 is 4.39 Å². The quantitative estimate of drug-likeness (QED) is 0.797. The highest BCUT2D eigenvalue weighted by Gasteiger charge is 2.31. The number of aryl methyl sites for hydroxylation is 1. The smallest absolute Gasteiger partial charge is 0.181 e. The molecule has 1 heterocycles. The van der Waals surface area contributed by atoms with E-state index in [0.29, 0.717) is 18.7 Å². The normalized spacial score (nSPS) is 18.4. The van der Waals surface area contributed by atoms with Gasteiger partial charge in [-0.3, -0.25) is 0 Å². The number of nitrogens with zero attached hydrogens (tertiary/aromatic N) is 1. The Morgan fingerprint density at radius 2 is 1.89 bits per heavy atom. The Morgan fingerprint density at radius 3 is 2.68 bits per heavy atom. The van der Waals surface area contributed by atoms with E-state index in [1.54, 1.807) is 0 Å². The predicted molar refractivity (Wildman–Crippen MR) is 77.0 cm³/mol. The first-order valence-corrected chi connectivity index (χ1v) is 7.00. The minimum atomic E-state index is -1.28. The molecule has 1 aliphatic rings. The van der Waals surface area contributed by atoms with Gasteiger partial charge in [-0.1, -0.05) is 24.6 Å². The molecule has 0 saturated heterocycles. The van der Waals surface area contributed by atoms with Crippen molar-refractivity contribution in [1.29, 1.82) is 0 Å². The van der Waals surface area contributed by atoms with E-state index in [1.807, 2.05) is 37.3 Å². The van der Waals surface area contributed by atoms with E-state index in [-0.39, 0.29) is 0 Å². The average molecular weight is 258 g/mol. The summed E-state index contributed by atoms with van der Waals surface area (Å²) in [5.74, 6) is -0.624. The van der Waals surface area contributed by atoms with Crippen LogP contribution in [0.1, 0.15) is 37.7 Å². The number of halogens is 1. The number of rotatable bonds is 2. The molecule has 19 heavy (non-hydrogen) atoms. The van der Waals surface area contributed by atoms with Crippen LogP contribution in [-0.2, 0) is 0 Å². The van der Waals surface area contributed by atoms with Gasteiger partial charge in [0.1, 0.15) is 5.82 Å². The Bertz CT molecular complexity index is 588. The van der Waals surface area contributed by atoms with E-state index >= 15 is 0 Å². The summed E-state index contributed by atoms with van der Waals surface area (Å²) in [6, 6.07) is 9.93. The molecule has 0 atom stereocenters. The van der Waals surface area contributed by atoms with Crippen molar-refractivity contribution in [3.05, 3.63) is 35.9 Å². The first-order valence-electron chi connectivity index (χ1n) is 7.00. The van der Waals surface area contributed by atoms with Crippen LogP contribution in [0.3, 0.4) is 0 Å². The maximum atomic E-state index is 14.6. The number of hydrogen-bond acceptors (Lipinski definition) is 2. The SMILES string of the molecule is Cc1cc(NC2(F)CCCCC2)nc2ccccc12. The molecule has 100 valence electrons. The minimum absolute atomic E-state index is 0.584. The van der Waals surface area contributed by atoms with Crippen LogP contribution < -0.4 is 5.32 Å². The second-order valence-corrected chi connectivity index (χ2v) is 5.49. The lowest BCUT2D eigenvalue weighted by Gasteiger charge is -2.31. The van der Waals surface area contributed by atoms with Crippen LogP contribution in [0.15, 0.2) is 30.3 Å². The molecule has 0 aliphatic heterocycles. The number of hydrogen-bond donors (Lipinski definition) is 1. The summed E-state index contributed by atoms with van der Waals surface area (Å²) in [7, 11) is 0. The second kappa shape index (κ2) is 4.80. The van der Waals surface area contributed by atoms with Crippen LogP contribution in [0, 0.1) is 6.92 Å². The Hall–Kier alpha value is -1.64. The summed E-state index contributed by atoms with van der Waals surface area (Å²) >= 11 is 0. The highest BCUT2D eigenvalue weighted by molar-refractivity contribution is 5.83. The maximum Gasteiger partial charge on any atom is 0.181 e. The minimum Gasteiger partial charge on any atom is -0.338 e. The lowest BCUT2D eigenvalue weighted by atomic mass is 9.93. The van der Waals surface area contributed by atoms with Gasteiger partial charge in [-0.2, -0.15) is 0 Å². The number of anilines is 1. The molecule has 1 aromatic carbocycles. The van der Waals surface area contributed by atoms with Gasteiger partial charge in [0.15, 0.2) is 5.79 Å². The Morgan fingerprint density at radius 1 is 1.16 bits per heavy atom. The fraction of sp³-hybridized carbons (Fsp3) is 0.438. The maximum absolute atomic E-state index is 14.6. The fourth-order valence-corrected chi connectivity index (χ4v) is 2.88. The summed E-state index contributed by atoms with van der Waals surface area (Å²) in [4.78, 5) is 4.52. The molecule has 2 nitrogen and oxygen atoms in total. The molecule has 2 aromatic rings. The van der Waals surface area contributed by atoms with E-state index in [1.165, 1.54) is 0 Å². The number of para-hydroxylation sites is 1. The molecule has 0 unspecified atom stereocenters. The zero-order chi connectivity index (χ0) is 13.3. The molecule has 1 aliphatic carbocycles. The van der Waals surface area contributed by atoms with Gasteiger partial charge in [-0.15, -0.1) is 0 Å². The van der Waals surface area contributed by atoms with Crippen LogP contribution in [0.25, 0.3) is 10.9 Å². The summed E-state index contributed by atoms with van der Waals surface area (Å²) < 4.78 is 14.6. The van der Waals surface area contributed by atoms with E-state index in [0.717, 1.165) is 35.7 Å². The number of aromatic nitrogens is 1. The number of nitrogens with one attached hydrogen (secondary N) is 1. The lowest BCUT2D eigenvalue weighted by Crippen LogP contribution is -2.35. The molecule has 1 aromatic heterocycles. The Kier molecular flexibility index (Phi) is 3.13. The molecule has 0 spiro atoms. The largest absolute Gasteiger partial charge is 0.338 e. The van der Waals surface area contributed by atoms with E-state index < -0.39 is 5.79 Å². The predicted octanol–water partition coefficient (Wildman–Crippen LogP) is 4.59. The topological polar surface area (TPSA) is 24.9 Å². The zero-order valence-electron chi connectivity index (χ0n) is 11.2. The van der Waals surface area contributed by atoms with Gasteiger partial charge < -0.3 is 5.32 Å². The first-order chi connectivity index (χ1) is 9.16. The molecule has 3 heteroatoms. The van der Waals surface area contributed by atoms with Crippen molar-refractivity contribution in [3.8, 4) is 0 Å². The summed E-state index contributed by atoms with van der Waals surface area (Å²) in [6.45, 7) is 2.04. The van der Waals surface area contributed by atoms with Gasteiger partial charge in [0.05, 0.1) is 5.52 Å². The number of alkyl halides is 1. The van der Waals surface area contributed by atoms with Gasteiger partial charge >= 0.3 is 0 Å². The van der Waals surface area contributed by atoms with Crippen molar-refractivity contribution in [3.63, 3.8) is 0 Å². The summed E-state index contributed by atoms with van der Waals surface area (Å²) in [5.41, 5.74) is 2.05. The molecule has 1 fully saturated rings. The third-order valence-electron chi connectivity index (χ3n) is 3.92. The van der Waals surface area contributed by atoms with E-state index in [4.69, 9.17) is 0 Å². The van der Waals surface area contributed by atoms with Gasteiger partial charge in [0.2, 0.25) is 0 Å². The Labute approximate surface area is 113 Å². The molecule has 0 amide bonds. The van der Waals surface area contributed by atoms with Crippen molar-refractivity contribution in [2.75, 3.05) is 5.32 Å². The lowest BCUT2D eigenvalue weighted by molar-refractivity contribution is 0.139. The van der Waals surface area contributed by atoms with Crippen molar-refractivity contribution >= 4 is 16.7 Å². The number of benzene rings is 1. The molecule has 1 N–H and O–H groups in total. The second-order valence-electron chi connectivity index (χ2n) is 5.49. The molecular weight excluding hydrogens is 239 g/mol. The standard InChI is InChI=1S/C16H19FN2/c1-12-11-15(18-14-8-4-3-7-13(12)14)19-16(17)9-5-2-6-10-16/h3-4,7-8,11H,2,5-6,9-10H2,1H3,(H,18,19). The zero-order valence-corrected chi connectivity index (χ0v) is 11.2. The van der Waals surface area contributed by atoms with E-state index in [2.05, 4.69) is 10.3 Å².